The highest BCUT2D eigenvalue weighted by Crippen LogP contribution is 2.27. The lowest BCUT2D eigenvalue weighted by molar-refractivity contribution is 0.0722. The summed E-state index contributed by atoms with van der Waals surface area (Å²) < 4.78 is 31.6. The summed E-state index contributed by atoms with van der Waals surface area (Å²) in [4.78, 5) is 4.31. The van der Waals surface area contributed by atoms with Crippen LogP contribution in [0, 0.1) is 0 Å². The lowest BCUT2D eigenvalue weighted by Crippen LogP contribution is -2.56. The van der Waals surface area contributed by atoms with Gasteiger partial charge in [-0.05, 0) is 24.3 Å². The van der Waals surface area contributed by atoms with E-state index < -0.39 is 10.0 Å². The van der Waals surface area contributed by atoms with Crippen LogP contribution in [0.4, 0.5) is 0 Å². The molecule has 1 fully saturated rings. The van der Waals surface area contributed by atoms with Gasteiger partial charge in [0.25, 0.3) is 0 Å². The second-order valence-electron chi connectivity index (χ2n) is 4.67. The van der Waals surface area contributed by atoms with E-state index >= 15 is 0 Å². The maximum atomic E-state index is 12.3. The van der Waals surface area contributed by atoms with Crippen LogP contribution in [-0.2, 0) is 10.0 Å². The van der Waals surface area contributed by atoms with Gasteiger partial charge in [0.1, 0.15) is 11.1 Å². The molecule has 3 rings (SSSR count). The van der Waals surface area contributed by atoms with Gasteiger partial charge in [-0.2, -0.15) is 4.31 Å². The molecule has 0 atom stereocenters. The fourth-order valence-corrected chi connectivity index (χ4v) is 3.72. The first-order valence-corrected chi connectivity index (χ1v) is 8.21. The van der Waals surface area contributed by atoms with Gasteiger partial charge in [-0.1, -0.05) is 29.8 Å². The molecule has 1 aliphatic rings. The molecule has 21 heavy (non-hydrogen) atoms. The van der Waals surface area contributed by atoms with Gasteiger partial charge < -0.3 is 4.74 Å². The topological polar surface area (TPSA) is 59.5 Å². The average Bonchev–Trinajstić information content (AvgIpc) is 2.45. The summed E-state index contributed by atoms with van der Waals surface area (Å²) >= 11 is 5.95. The highest BCUT2D eigenvalue weighted by Gasteiger charge is 2.38. The molecule has 0 unspecified atom stereocenters. The molecule has 110 valence electrons. The summed E-state index contributed by atoms with van der Waals surface area (Å²) in [7, 11) is -3.44. The summed E-state index contributed by atoms with van der Waals surface area (Å²) in [5.41, 5.74) is 0. The molecule has 5 nitrogen and oxygen atoms in total. The number of pyridine rings is 1. The number of aromatic nitrogens is 1. The number of benzene rings is 1. The first kappa shape index (κ1) is 14.3. The standard InChI is InChI=1S/C14H13ClN2O3S/c15-13-7-4-8-16-14(13)20-11-9-17(10-11)21(18,19)12-5-2-1-3-6-12/h1-8,11H,9-10H2. The molecule has 0 amide bonds. The van der Waals surface area contributed by atoms with E-state index in [2.05, 4.69) is 4.98 Å². The molecule has 0 saturated carbocycles. The smallest absolute Gasteiger partial charge is 0.243 e. The van der Waals surface area contributed by atoms with E-state index in [-0.39, 0.29) is 6.10 Å². The minimum Gasteiger partial charge on any atom is -0.470 e. The van der Waals surface area contributed by atoms with E-state index in [0.29, 0.717) is 28.9 Å². The Morgan fingerprint density at radius 2 is 1.86 bits per heavy atom. The molecule has 2 aromatic rings. The molecule has 0 radical (unpaired) electrons. The van der Waals surface area contributed by atoms with Crippen LogP contribution in [0.15, 0.2) is 53.6 Å². The number of nitrogens with zero attached hydrogens (tertiary/aromatic N) is 2. The monoisotopic (exact) mass is 324 g/mol. The van der Waals surface area contributed by atoms with Gasteiger partial charge >= 0.3 is 0 Å². The molecule has 2 heterocycles. The van der Waals surface area contributed by atoms with Gasteiger partial charge in [0.05, 0.1) is 18.0 Å². The van der Waals surface area contributed by atoms with E-state index in [0.717, 1.165) is 0 Å². The predicted molar refractivity (Wildman–Crippen MR) is 78.9 cm³/mol. The van der Waals surface area contributed by atoms with E-state index in [1.165, 1.54) is 4.31 Å². The fourth-order valence-electron chi connectivity index (χ4n) is 2.03. The minimum absolute atomic E-state index is 0.226. The Morgan fingerprint density at radius 3 is 2.52 bits per heavy atom. The average molecular weight is 325 g/mol. The quantitative estimate of drug-likeness (QED) is 0.865. The minimum atomic E-state index is -3.44. The summed E-state index contributed by atoms with van der Waals surface area (Å²) in [6.07, 6.45) is 1.36. The molecule has 1 aromatic carbocycles. The Labute approximate surface area is 128 Å². The van der Waals surface area contributed by atoms with Crippen molar-refractivity contribution in [2.75, 3.05) is 13.1 Å². The second-order valence-corrected chi connectivity index (χ2v) is 7.01. The third-order valence-electron chi connectivity index (χ3n) is 3.20. The molecule has 0 bridgehead atoms. The van der Waals surface area contributed by atoms with E-state index in [9.17, 15) is 8.42 Å². The van der Waals surface area contributed by atoms with Crippen molar-refractivity contribution < 1.29 is 13.2 Å². The van der Waals surface area contributed by atoms with Crippen LogP contribution >= 0.6 is 11.6 Å². The van der Waals surface area contributed by atoms with Crippen LogP contribution in [-0.4, -0.2) is 36.9 Å². The lowest BCUT2D eigenvalue weighted by Gasteiger charge is -2.37. The van der Waals surface area contributed by atoms with Crippen molar-refractivity contribution in [3.63, 3.8) is 0 Å². The largest absolute Gasteiger partial charge is 0.470 e. The number of rotatable bonds is 4. The molecule has 0 N–H and O–H groups in total. The zero-order valence-corrected chi connectivity index (χ0v) is 12.6. The van der Waals surface area contributed by atoms with Crippen molar-refractivity contribution in [3.8, 4) is 5.88 Å². The van der Waals surface area contributed by atoms with Crippen molar-refractivity contribution in [1.82, 2.24) is 9.29 Å². The number of ether oxygens (including phenoxy) is 1. The Balaban J connectivity index is 1.65. The second kappa shape index (κ2) is 5.63. The highest BCUT2D eigenvalue weighted by molar-refractivity contribution is 7.89. The van der Waals surface area contributed by atoms with Gasteiger partial charge in [0.2, 0.25) is 15.9 Å². The fraction of sp³-hybridized carbons (Fsp3) is 0.214. The van der Waals surface area contributed by atoms with Crippen molar-refractivity contribution in [3.05, 3.63) is 53.7 Å². The van der Waals surface area contributed by atoms with Crippen LogP contribution in [0.5, 0.6) is 5.88 Å². The number of sulfonamides is 1. The molecular weight excluding hydrogens is 312 g/mol. The van der Waals surface area contributed by atoms with Crippen molar-refractivity contribution >= 4 is 21.6 Å². The lowest BCUT2D eigenvalue weighted by atomic mass is 10.2. The Kier molecular flexibility index (Phi) is 3.84. The molecule has 1 saturated heterocycles. The summed E-state index contributed by atoms with van der Waals surface area (Å²) in [6.45, 7) is 0.592. The van der Waals surface area contributed by atoms with Crippen LogP contribution in [0.1, 0.15) is 0 Å². The van der Waals surface area contributed by atoms with E-state index in [4.69, 9.17) is 16.3 Å². The van der Waals surface area contributed by atoms with E-state index in [1.54, 1.807) is 48.7 Å². The maximum Gasteiger partial charge on any atom is 0.243 e. The first-order chi connectivity index (χ1) is 10.1. The molecule has 1 aliphatic heterocycles. The van der Waals surface area contributed by atoms with Crippen LogP contribution < -0.4 is 4.74 Å². The van der Waals surface area contributed by atoms with Crippen molar-refractivity contribution in [2.45, 2.75) is 11.0 Å². The molecule has 1 aromatic heterocycles. The Morgan fingerprint density at radius 1 is 1.14 bits per heavy atom. The van der Waals surface area contributed by atoms with E-state index in [1.807, 2.05) is 0 Å². The number of halogens is 1. The van der Waals surface area contributed by atoms with Gasteiger partial charge in [-0.15, -0.1) is 0 Å². The van der Waals surface area contributed by atoms with Gasteiger partial charge in [-0.3, -0.25) is 0 Å². The predicted octanol–water partition coefficient (Wildman–Crippen LogP) is 2.19. The molecule has 0 spiro atoms. The van der Waals surface area contributed by atoms with Gasteiger partial charge in [0.15, 0.2) is 0 Å². The summed E-state index contributed by atoms with van der Waals surface area (Å²) in [5.74, 6) is 0.334. The maximum absolute atomic E-state index is 12.3. The molecular formula is C14H13ClN2O3S. The first-order valence-electron chi connectivity index (χ1n) is 6.40. The SMILES string of the molecule is O=S(=O)(c1ccccc1)N1CC(Oc2ncccc2Cl)C1. The molecule has 0 aliphatic carbocycles. The van der Waals surface area contributed by atoms with Crippen LogP contribution in [0.25, 0.3) is 0 Å². The van der Waals surface area contributed by atoms with Crippen LogP contribution in [0.3, 0.4) is 0 Å². The summed E-state index contributed by atoms with van der Waals surface area (Å²) in [5, 5.41) is 0.418. The Hall–Kier alpha value is -1.63. The van der Waals surface area contributed by atoms with Gasteiger partial charge in [-0.25, -0.2) is 13.4 Å². The van der Waals surface area contributed by atoms with Crippen LogP contribution in [0.2, 0.25) is 5.02 Å². The number of hydrogen-bond acceptors (Lipinski definition) is 4. The third kappa shape index (κ3) is 2.88. The normalized spacial score (nSPS) is 16.4. The summed E-state index contributed by atoms with van der Waals surface area (Å²) in [6, 6.07) is 11.7. The Bertz CT molecular complexity index is 731. The third-order valence-corrected chi connectivity index (χ3v) is 5.33. The highest BCUT2D eigenvalue weighted by atomic mass is 35.5. The zero-order chi connectivity index (χ0) is 14.9. The van der Waals surface area contributed by atoms with Crippen molar-refractivity contribution in [2.24, 2.45) is 0 Å². The molecule has 7 heteroatoms. The van der Waals surface area contributed by atoms with Crippen molar-refractivity contribution in [1.29, 1.82) is 0 Å². The zero-order valence-electron chi connectivity index (χ0n) is 11.0. The number of hydrogen-bond donors (Lipinski definition) is 0. The van der Waals surface area contributed by atoms with Gasteiger partial charge in [0, 0.05) is 6.20 Å².